The van der Waals surface area contributed by atoms with Crippen LogP contribution in [0.5, 0.6) is 0 Å². The normalized spacial score (nSPS) is 11.3. The Kier molecular flexibility index (Phi) is 8.72. The summed E-state index contributed by atoms with van der Waals surface area (Å²) in [4.78, 5) is 5.92. The summed E-state index contributed by atoms with van der Waals surface area (Å²) in [5.74, 6) is 2.51. The van der Waals surface area contributed by atoms with Gasteiger partial charge in [0.2, 0.25) is 0 Å². The molecule has 0 aromatic carbocycles. The van der Waals surface area contributed by atoms with Crippen molar-refractivity contribution in [1.29, 1.82) is 0 Å². The smallest absolute Gasteiger partial charge is 0.192 e. The minimum Gasteiger partial charge on any atom is -0.356 e. The Labute approximate surface area is 180 Å². The molecule has 10 heteroatoms. The van der Waals surface area contributed by atoms with E-state index in [4.69, 9.17) is 0 Å². The molecule has 0 radical (unpaired) electrons. The number of aryl methyl sites for hydroxylation is 2. The molecule has 3 aromatic heterocycles. The SMILES string of the molecule is Cc1nnc(CN=C(NCCCn2cccn2)NCc2cccs2)n1C.I. The first-order valence-electron chi connectivity index (χ1n) is 8.59. The van der Waals surface area contributed by atoms with Gasteiger partial charge in [-0.25, -0.2) is 4.99 Å². The molecule has 0 bridgehead atoms. The van der Waals surface area contributed by atoms with Crippen LogP contribution < -0.4 is 10.6 Å². The topological polar surface area (TPSA) is 85.0 Å². The summed E-state index contributed by atoms with van der Waals surface area (Å²) < 4.78 is 3.89. The lowest BCUT2D eigenvalue weighted by molar-refractivity contribution is 0.570. The lowest BCUT2D eigenvalue weighted by Crippen LogP contribution is -2.37. The maximum absolute atomic E-state index is 4.66. The zero-order chi connectivity index (χ0) is 18.2. The zero-order valence-electron chi connectivity index (χ0n) is 15.5. The van der Waals surface area contributed by atoms with Crippen LogP contribution in [-0.4, -0.2) is 37.0 Å². The van der Waals surface area contributed by atoms with Gasteiger partial charge in [0.15, 0.2) is 11.8 Å². The van der Waals surface area contributed by atoms with Crippen LogP contribution >= 0.6 is 35.3 Å². The summed E-state index contributed by atoms with van der Waals surface area (Å²) in [7, 11) is 1.95. The average molecular weight is 500 g/mol. The number of thiophene rings is 1. The molecule has 0 aliphatic rings. The lowest BCUT2D eigenvalue weighted by atomic mass is 10.4. The number of aliphatic imine (C=N–C) groups is 1. The number of guanidine groups is 1. The molecule has 0 spiro atoms. The summed E-state index contributed by atoms with van der Waals surface area (Å²) in [6, 6.07) is 6.10. The van der Waals surface area contributed by atoms with E-state index in [0.29, 0.717) is 6.54 Å². The second-order valence-corrected chi connectivity index (χ2v) is 6.90. The molecule has 2 N–H and O–H groups in total. The van der Waals surface area contributed by atoms with E-state index in [1.54, 1.807) is 17.5 Å². The number of nitrogens with zero attached hydrogens (tertiary/aromatic N) is 6. The van der Waals surface area contributed by atoms with Crippen LogP contribution in [0.15, 0.2) is 41.0 Å². The van der Waals surface area contributed by atoms with E-state index in [1.165, 1.54) is 4.88 Å². The molecule has 3 heterocycles. The highest BCUT2D eigenvalue weighted by Crippen LogP contribution is 2.07. The van der Waals surface area contributed by atoms with Crippen molar-refractivity contribution in [3.05, 3.63) is 52.5 Å². The van der Waals surface area contributed by atoms with Gasteiger partial charge >= 0.3 is 0 Å². The van der Waals surface area contributed by atoms with E-state index in [1.807, 2.05) is 35.5 Å². The summed E-state index contributed by atoms with van der Waals surface area (Å²) >= 11 is 1.73. The van der Waals surface area contributed by atoms with Gasteiger partial charge < -0.3 is 15.2 Å². The van der Waals surface area contributed by atoms with Gasteiger partial charge in [-0.05, 0) is 30.9 Å². The van der Waals surface area contributed by atoms with Crippen molar-refractivity contribution < 1.29 is 0 Å². The molecule has 0 unspecified atom stereocenters. The molecule has 3 aromatic rings. The second kappa shape index (κ2) is 11.0. The minimum absolute atomic E-state index is 0. The van der Waals surface area contributed by atoms with E-state index >= 15 is 0 Å². The number of aromatic nitrogens is 5. The molecule has 0 aliphatic carbocycles. The first kappa shape index (κ1) is 21.4. The van der Waals surface area contributed by atoms with Crippen molar-refractivity contribution in [1.82, 2.24) is 35.2 Å². The van der Waals surface area contributed by atoms with E-state index in [9.17, 15) is 0 Å². The minimum atomic E-state index is 0. The zero-order valence-corrected chi connectivity index (χ0v) is 18.6. The van der Waals surface area contributed by atoms with E-state index < -0.39 is 0 Å². The fourth-order valence-corrected chi connectivity index (χ4v) is 3.02. The quantitative estimate of drug-likeness (QED) is 0.215. The molecule has 146 valence electrons. The van der Waals surface area contributed by atoms with Gasteiger partial charge in [-0.2, -0.15) is 5.10 Å². The van der Waals surface area contributed by atoms with Crippen molar-refractivity contribution in [2.24, 2.45) is 12.0 Å². The van der Waals surface area contributed by atoms with E-state index in [-0.39, 0.29) is 24.0 Å². The second-order valence-electron chi connectivity index (χ2n) is 5.87. The van der Waals surface area contributed by atoms with Gasteiger partial charge in [0.25, 0.3) is 0 Å². The fourth-order valence-electron chi connectivity index (χ4n) is 2.38. The number of rotatable bonds is 8. The Morgan fingerprint density at radius 2 is 2.15 bits per heavy atom. The summed E-state index contributed by atoms with van der Waals surface area (Å²) in [6.45, 7) is 4.86. The highest BCUT2D eigenvalue weighted by molar-refractivity contribution is 14.0. The molecule has 3 rings (SSSR count). The Morgan fingerprint density at radius 3 is 2.81 bits per heavy atom. The van der Waals surface area contributed by atoms with Crippen LogP contribution in [0.1, 0.15) is 22.9 Å². The van der Waals surface area contributed by atoms with Crippen LogP contribution in [0.4, 0.5) is 0 Å². The standard InChI is InChI=1S/C17H24N8S.HI/c1-14-22-23-16(24(14)2)13-20-17(19-12-15-6-3-11-26-15)18-7-4-9-25-10-5-8-21-25;/h3,5-6,8,10-11H,4,7,9,12-13H2,1-2H3,(H2,18,19,20);1H. The third-order valence-electron chi connectivity index (χ3n) is 3.99. The Balaban J connectivity index is 0.00000261. The van der Waals surface area contributed by atoms with Gasteiger partial charge in [-0.3, -0.25) is 4.68 Å². The van der Waals surface area contributed by atoms with Crippen LogP contribution in [0, 0.1) is 6.92 Å². The van der Waals surface area contributed by atoms with Gasteiger partial charge in [0.05, 0.1) is 6.54 Å². The lowest BCUT2D eigenvalue weighted by Gasteiger charge is -2.12. The fraction of sp³-hybridized carbons (Fsp3) is 0.412. The highest BCUT2D eigenvalue weighted by Gasteiger charge is 2.05. The Bertz CT molecular complexity index is 810. The monoisotopic (exact) mass is 500 g/mol. The highest BCUT2D eigenvalue weighted by atomic mass is 127. The first-order valence-corrected chi connectivity index (χ1v) is 9.47. The maximum Gasteiger partial charge on any atom is 0.192 e. The van der Waals surface area contributed by atoms with Gasteiger partial charge in [0.1, 0.15) is 12.4 Å². The maximum atomic E-state index is 4.66. The molecule has 27 heavy (non-hydrogen) atoms. The van der Waals surface area contributed by atoms with Gasteiger partial charge in [-0.1, -0.05) is 6.07 Å². The number of halogens is 1. The molecule has 0 saturated carbocycles. The molecule has 0 aliphatic heterocycles. The first-order chi connectivity index (χ1) is 12.7. The van der Waals surface area contributed by atoms with Crippen molar-refractivity contribution >= 4 is 41.3 Å². The largest absolute Gasteiger partial charge is 0.356 e. The van der Waals surface area contributed by atoms with Crippen molar-refractivity contribution in [3.8, 4) is 0 Å². The molecular formula is C17H25IN8S. The molecular weight excluding hydrogens is 475 g/mol. The average Bonchev–Trinajstić information content (AvgIpc) is 3.39. The Morgan fingerprint density at radius 1 is 1.26 bits per heavy atom. The molecule has 0 saturated heterocycles. The molecule has 0 amide bonds. The molecule has 0 fully saturated rings. The van der Waals surface area contributed by atoms with Gasteiger partial charge in [-0.15, -0.1) is 45.5 Å². The van der Waals surface area contributed by atoms with Crippen LogP contribution in [0.25, 0.3) is 0 Å². The van der Waals surface area contributed by atoms with Gasteiger partial charge in [0, 0.05) is 37.4 Å². The van der Waals surface area contributed by atoms with Crippen molar-refractivity contribution in [3.63, 3.8) is 0 Å². The van der Waals surface area contributed by atoms with Crippen molar-refractivity contribution in [2.75, 3.05) is 6.54 Å². The third-order valence-corrected chi connectivity index (χ3v) is 4.86. The number of nitrogens with one attached hydrogen (secondary N) is 2. The number of hydrogen-bond acceptors (Lipinski definition) is 5. The van der Waals surface area contributed by atoms with E-state index in [2.05, 4.69) is 48.4 Å². The van der Waals surface area contributed by atoms with Crippen LogP contribution in [-0.2, 0) is 26.7 Å². The summed E-state index contributed by atoms with van der Waals surface area (Å²) in [6.07, 6.45) is 4.73. The van der Waals surface area contributed by atoms with Crippen molar-refractivity contribution in [2.45, 2.75) is 33.0 Å². The molecule has 8 nitrogen and oxygen atoms in total. The Hall–Kier alpha value is -1.95. The summed E-state index contributed by atoms with van der Waals surface area (Å²) in [5, 5.41) is 21.3. The number of hydrogen-bond donors (Lipinski definition) is 2. The summed E-state index contributed by atoms with van der Waals surface area (Å²) in [5.41, 5.74) is 0. The van der Waals surface area contributed by atoms with E-state index in [0.717, 1.165) is 43.7 Å². The molecule has 0 atom stereocenters. The van der Waals surface area contributed by atoms with Crippen LogP contribution in [0.2, 0.25) is 0 Å². The van der Waals surface area contributed by atoms with Crippen LogP contribution in [0.3, 0.4) is 0 Å². The predicted molar refractivity (Wildman–Crippen MR) is 118 cm³/mol. The third kappa shape index (κ3) is 6.61. The predicted octanol–water partition coefficient (Wildman–Crippen LogP) is 2.33.